The molecule has 0 unspecified atom stereocenters. The normalized spacial score (nSPS) is 11.8. The molecule has 0 aliphatic rings. The highest BCUT2D eigenvalue weighted by atomic mass is 127. The SMILES string of the molecule is CNc1nc(-c2ccc3c(c2)c(I)cn3S(=O)(=O)c2ccc(C)cc2)no1. The largest absolute Gasteiger partial charge is 0.341 e. The standard InChI is InChI=1S/C18H15IN4O3S/c1-11-3-6-13(7-4-11)27(24,25)23-10-15(19)14-9-12(5-8-16(14)23)17-21-18(20-2)26-22-17/h3-10H,1-2H3,(H,20,21,22). The molecule has 0 atom stereocenters. The van der Waals surface area contributed by atoms with Crippen molar-refractivity contribution in [3.8, 4) is 11.4 Å². The molecule has 0 fully saturated rings. The van der Waals surface area contributed by atoms with Gasteiger partial charge < -0.3 is 9.84 Å². The van der Waals surface area contributed by atoms with Crippen molar-refractivity contribution in [3.63, 3.8) is 0 Å². The van der Waals surface area contributed by atoms with E-state index in [9.17, 15) is 8.42 Å². The molecular weight excluding hydrogens is 479 g/mol. The van der Waals surface area contributed by atoms with Crippen LogP contribution < -0.4 is 5.32 Å². The van der Waals surface area contributed by atoms with E-state index in [4.69, 9.17) is 4.52 Å². The Morgan fingerprint density at radius 2 is 1.89 bits per heavy atom. The monoisotopic (exact) mass is 494 g/mol. The molecule has 2 aromatic carbocycles. The van der Waals surface area contributed by atoms with E-state index in [2.05, 4.69) is 38.0 Å². The topological polar surface area (TPSA) is 90.0 Å². The number of hydrogen-bond acceptors (Lipinski definition) is 6. The molecule has 4 aromatic rings. The molecule has 2 aromatic heterocycles. The third kappa shape index (κ3) is 3.10. The van der Waals surface area contributed by atoms with E-state index in [-0.39, 0.29) is 4.90 Å². The van der Waals surface area contributed by atoms with Gasteiger partial charge in [-0.15, -0.1) is 0 Å². The molecule has 0 amide bonds. The lowest BCUT2D eigenvalue weighted by Crippen LogP contribution is -2.11. The second-order valence-corrected chi connectivity index (χ2v) is 8.97. The minimum absolute atomic E-state index is 0.252. The van der Waals surface area contributed by atoms with Crippen LogP contribution in [0.5, 0.6) is 0 Å². The number of hydrogen-bond donors (Lipinski definition) is 1. The third-order valence-corrected chi connectivity index (χ3v) is 6.75. The number of nitrogens with zero attached hydrogens (tertiary/aromatic N) is 3. The molecule has 4 rings (SSSR count). The summed E-state index contributed by atoms with van der Waals surface area (Å²) in [6.07, 6.45) is 1.62. The Kier molecular flexibility index (Phi) is 4.42. The Morgan fingerprint density at radius 1 is 1.15 bits per heavy atom. The summed E-state index contributed by atoms with van der Waals surface area (Å²) in [4.78, 5) is 4.48. The van der Waals surface area contributed by atoms with Crippen molar-refractivity contribution < 1.29 is 12.9 Å². The van der Waals surface area contributed by atoms with E-state index < -0.39 is 10.0 Å². The number of benzene rings is 2. The smallest absolute Gasteiger partial charge is 0.321 e. The van der Waals surface area contributed by atoms with Crippen molar-refractivity contribution >= 4 is 49.5 Å². The zero-order valence-electron chi connectivity index (χ0n) is 14.5. The van der Waals surface area contributed by atoms with E-state index in [0.717, 1.165) is 20.1 Å². The highest BCUT2D eigenvalue weighted by Crippen LogP contribution is 2.30. The predicted octanol–water partition coefficient (Wildman–Crippen LogP) is 3.88. The average molecular weight is 494 g/mol. The maximum absolute atomic E-state index is 13.1. The summed E-state index contributed by atoms with van der Waals surface area (Å²) in [5.74, 6) is 0.436. The molecule has 27 heavy (non-hydrogen) atoms. The third-order valence-electron chi connectivity index (χ3n) is 4.20. The molecule has 0 saturated heterocycles. The summed E-state index contributed by atoms with van der Waals surface area (Å²) in [5.41, 5.74) is 2.35. The van der Waals surface area contributed by atoms with Gasteiger partial charge in [-0.1, -0.05) is 22.9 Å². The van der Waals surface area contributed by atoms with Crippen molar-refractivity contribution in [3.05, 3.63) is 57.8 Å². The van der Waals surface area contributed by atoms with Crippen LogP contribution in [0.1, 0.15) is 5.56 Å². The van der Waals surface area contributed by atoms with E-state index in [0.29, 0.717) is 17.4 Å². The molecule has 0 spiro atoms. The van der Waals surface area contributed by atoms with E-state index in [1.165, 1.54) is 3.97 Å². The van der Waals surface area contributed by atoms with Crippen molar-refractivity contribution in [2.75, 3.05) is 12.4 Å². The van der Waals surface area contributed by atoms with E-state index >= 15 is 0 Å². The number of aryl methyl sites for hydroxylation is 1. The molecule has 0 radical (unpaired) electrons. The van der Waals surface area contributed by atoms with Crippen molar-refractivity contribution in [1.29, 1.82) is 0 Å². The quantitative estimate of drug-likeness (QED) is 0.433. The number of aromatic nitrogens is 3. The van der Waals surface area contributed by atoms with Gasteiger partial charge in [-0.25, -0.2) is 12.4 Å². The predicted molar refractivity (Wildman–Crippen MR) is 111 cm³/mol. The summed E-state index contributed by atoms with van der Waals surface area (Å²) in [6.45, 7) is 1.92. The van der Waals surface area contributed by atoms with Gasteiger partial charge in [0.25, 0.3) is 10.0 Å². The lowest BCUT2D eigenvalue weighted by atomic mass is 10.1. The Bertz CT molecular complexity index is 1240. The van der Waals surface area contributed by atoms with E-state index in [1.54, 1.807) is 49.6 Å². The zero-order chi connectivity index (χ0) is 19.2. The summed E-state index contributed by atoms with van der Waals surface area (Å²) in [6, 6.07) is 12.5. The second-order valence-electron chi connectivity index (χ2n) is 6.00. The molecular formula is C18H15IN4O3S. The molecule has 0 saturated carbocycles. The lowest BCUT2D eigenvalue weighted by Gasteiger charge is -2.08. The fourth-order valence-electron chi connectivity index (χ4n) is 2.77. The summed E-state index contributed by atoms with van der Waals surface area (Å²) in [7, 11) is -1.99. The van der Waals surface area contributed by atoms with Crippen LogP contribution in [0.3, 0.4) is 0 Å². The molecule has 0 bridgehead atoms. The van der Waals surface area contributed by atoms with Crippen LogP contribution >= 0.6 is 22.6 Å². The summed E-state index contributed by atoms with van der Waals surface area (Å²) < 4.78 is 33.4. The Labute approximate surface area is 169 Å². The fourth-order valence-corrected chi connectivity index (χ4v) is 5.03. The van der Waals surface area contributed by atoms with Crippen LogP contribution in [-0.2, 0) is 10.0 Å². The first kappa shape index (κ1) is 18.0. The molecule has 0 aliphatic heterocycles. The van der Waals surface area contributed by atoms with Gasteiger partial charge in [0.05, 0.1) is 10.4 Å². The van der Waals surface area contributed by atoms with Gasteiger partial charge in [-0.3, -0.25) is 0 Å². The Morgan fingerprint density at radius 3 is 2.56 bits per heavy atom. The molecule has 9 heteroatoms. The zero-order valence-corrected chi connectivity index (χ0v) is 17.4. The van der Waals surface area contributed by atoms with Gasteiger partial charge in [-0.2, -0.15) is 4.98 Å². The van der Waals surface area contributed by atoms with Crippen molar-refractivity contribution in [2.45, 2.75) is 11.8 Å². The maximum atomic E-state index is 13.1. The van der Waals surface area contributed by atoms with Gasteiger partial charge in [0.15, 0.2) is 0 Å². The number of halogens is 1. The van der Waals surface area contributed by atoms with Gasteiger partial charge in [0, 0.05) is 27.8 Å². The van der Waals surface area contributed by atoms with Crippen LogP contribution in [-0.4, -0.2) is 29.6 Å². The first-order chi connectivity index (χ1) is 12.9. The first-order valence-electron chi connectivity index (χ1n) is 8.05. The Hall–Kier alpha value is -2.40. The number of fused-ring (bicyclic) bond motifs is 1. The van der Waals surface area contributed by atoms with Crippen LogP contribution in [0, 0.1) is 10.5 Å². The highest BCUT2D eigenvalue weighted by Gasteiger charge is 2.21. The molecule has 0 aliphatic carbocycles. The van der Waals surface area contributed by atoms with Gasteiger partial charge in [-0.05, 0) is 59.8 Å². The number of nitrogens with one attached hydrogen (secondary N) is 1. The van der Waals surface area contributed by atoms with Crippen molar-refractivity contribution in [1.82, 2.24) is 14.1 Å². The van der Waals surface area contributed by atoms with Crippen LogP contribution in [0.15, 0.2) is 58.1 Å². The lowest BCUT2D eigenvalue weighted by molar-refractivity contribution is 0.434. The fraction of sp³-hybridized carbons (Fsp3) is 0.111. The van der Waals surface area contributed by atoms with Crippen molar-refractivity contribution in [2.24, 2.45) is 0 Å². The van der Waals surface area contributed by atoms with Crippen LogP contribution in [0.4, 0.5) is 6.01 Å². The summed E-state index contributed by atoms with van der Waals surface area (Å²) in [5, 5.41) is 7.52. The second kappa shape index (κ2) is 6.64. The van der Waals surface area contributed by atoms with Crippen LogP contribution in [0.2, 0.25) is 0 Å². The number of rotatable bonds is 4. The van der Waals surface area contributed by atoms with Gasteiger partial charge in [0.2, 0.25) is 5.82 Å². The minimum atomic E-state index is -3.69. The maximum Gasteiger partial charge on any atom is 0.321 e. The minimum Gasteiger partial charge on any atom is -0.341 e. The summed E-state index contributed by atoms with van der Waals surface area (Å²) >= 11 is 2.13. The van der Waals surface area contributed by atoms with Crippen LogP contribution in [0.25, 0.3) is 22.3 Å². The van der Waals surface area contributed by atoms with Gasteiger partial charge in [0.1, 0.15) is 0 Å². The Balaban J connectivity index is 1.85. The van der Waals surface area contributed by atoms with Gasteiger partial charge >= 0.3 is 6.01 Å². The highest BCUT2D eigenvalue weighted by molar-refractivity contribution is 14.1. The molecule has 138 valence electrons. The van der Waals surface area contributed by atoms with E-state index in [1.807, 2.05) is 13.0 Å². The number of anilines is 1. The average Bonchev–Trinajstić information content (AvgIpc) is 3.27. The molecule has 2 heterocycles. The molecule has 1 N–H and O–H groups in total. The molecule has 7 nitrogen and oxygen atoms in total. The first-order valence-corrected chi connectivity index (χ1v) is 10.6.